The third kappa shape index (κ3) is 4.66. The molecule has 0 aromatic heterocycles. The Morgan fingerprint density at radius 2 is 1.90 bits per heavy atom. The molecule has 1 fully saturated rings. The van der Waals surface area contributed by atoms with Crippen LogP contribution < -0.4 is 5.32 Å². The van der Waals surface area contributed by atoms with Gasteiger partial charge in [-0.1, -0.05) is 29.3 Å². The quantitative estimate of drug-likeness (QED) is 0.636. The monoisotopic (exact) mass is 387 g/mol. The molecule has 0 spiro atoms. The number of thioether (sulfide) groups is 1. The maximum Gasteiger partial charge on any atom is 0.230 e. The second kappa shape index (κ2) is 6.96. The van der Waals surface area contributed by atoms with Crippen LogP contribution in [0.4, 0.5) is 0 Å². The number of carbonyl (C=O) groups excluding carboxylic acids is 1. The fourth-order valence-electron chi connectivity index (χ4n) is 1.94. The molecule has 0 radical (unpaired) electrons. The van der Waals surface area contributed by atoms with Crippen molar-refractivity contribution in [2.75, 3.05) is 17.3 Å². The van der Waals surface area contributed by atoms with Crippen LogP contribution in [0.1, 0.15) is 0 Å². The van der Waals surface area contributed by atoms with Crippen molar-refractivity contribution >= 4 is 62.3 Å². The molecule has 1 saturated heterocycles. The Morgan fingerprint density at radius 1 is 1.29 bits per heavy atom. The van der Waals surface area contributed by atoms with Gasteiger partial charge in [0.2, 0.25) is 5.91 Å². The Bertz CT molecular complexity index is 631. The maximum absolute atomic E-state index is 11.9. The minimum atomic E-state index is -3.17. The van der Waals surface area contributed by atoms with Crippen molar-refractivity contribution in [3.05, 3.63) is 28.2 Å². The Hall–Kier alpha value is -0.140. The topological polar surface area (TPSA) is 63.2 Å². The van der Waals surface area contributed by atoms with Crippen LogP contribution in [0.15, 0.2) is 23.1 Å². The molecule has 116 valence electrons. The first kappa shape index (κ1) is 17.2. The Kier molecular flexibility index (Phi) is 5.71. The van der Waals surface area contributed by atoms with Gasteiger partial charge < -0.3 is 5.32 Å². The van der Waals surface area contributed by atoms with E-state index in [2.05, 4.69) is 5.32 Å². The molecule has 1 aliphatic rings. The van der Waals surface area contributed by atoms with Crippen LogP contribution in [0.3, 0.4) is 0 Å². The minimum Gasteiger partial charge on any atom is -0.350 e. The van der Waals surface area contributed by atoms with Crippen LogP contribution in [0, 0.1) is 0 Å². The van der Waals surface area contributed by atoms with Crippen LogP contribution in [0.2, 0.25) is 10.0 Å². The van der Waals surface area contributed by atoms with Gasteiger partial charge in [0.05, 0.1) is 38.7 Å². The summed E-state index contributed by atoms with van der Waals surface area (Å²) in [7, 11) is -3.17. The molecule has 0 bridgehead atoms. The number of hydrogen-bond donors (Lipinski definition) is 1. The lowest BCUT2D eigenvalue weighted by atomic mass is 10.2. The zero-order valence-electron chi connectivity index (χ0n) is 10.7. The van der Waals surface area contributed by atoms with Crippen LogP contribution >= 0.6 is 46.6 Å². The first-order valence-corrected chi connectivity index (χ1v) is 9.99. The molecule has 4 nitrogen and oxygen atoms in total. The first-order chi connectivity index (χ1) is 9.78. The van der Waals surface area contributed by atoms with Crippen molar-refractivity contribution in [1.29, 1.82) is 0 Å². The van der Waals surface area contributed by atoms with Crippen LogP contribution in [-0.2, 0) is 14.6 Å². The number of carbonyl (C=O) groups is 1. The number of alkyl halides is 1. The second-order valence-electron chi connectivity index (χ2n) is 4.61. The summed E-state index contributed by atoms with van der Waals surface area (Å²) in [4.78, 5) is 12.5. The number of hydrogen-bond acceptors (Lipinski definition) is 4. The fourth-order valence-corrected chi connectivity index (χ4v) is 5.99. The molecule has 0 saturated carbocycles. The van der Waals surface area contributed by atoms with Crippen molar-refractivity contribution in [2.24, 2.45) is 0 Å². The first-order valence-electron chi connectivity index (χ1n) is 5.99. The third-order valence-electron chi connectivity index (χ3n) is 2.90. The number of amides is 1. The molecule has 1 amide bonds. The van der Waals surface area contributed by atoms with Gasteiger partial charge >= 0.3 is 0 Å². The van der Waals surface area contributed by atoms with Gasteiger partial charge in [0, 0.05) is 4.90 Å². The van der Waals surface area contributed by atoms with Gasteiger partial charge in [-0.2, -0.15) is 0 Å². The Labute approximate surface area is 142 Å². The molecule has 9 heteroatoms. The van der Waals surface area contributed by atoms with Crippen LogP contribution in [0.25, 0.3) is 0 Å². The van der Waals surface area contributed by atoms with E-state index in [1.165, 1.54) is 11.8 Å². The van der Waals surface area contributed by atoms with Gasteiger partial charge in [-0.15, -0.1) is 23.4 Å². The normalized spacial score (nSPS) is 24.0. The SMILES string of the molecule is O=C(CSc1c(Cl)cccc1Cl)N[C@@H]1CS(=O)(=O)C[C@H]1Cl. The zero-order chi connectivity index (χ0) is 15.6. The van der Waals surface area contributed by atoms with Crippen LogP contribution in [0.5, 0.6) is 0 Å². The Morgan fingerprint density at radius 3 is 2.43 bits per heavy atom. The van der Waals surface area contributed by atoms with Crippen molar-refractivity contribution in [2.45, 2.75) is 16.3 Å². The molecule has 2 atom stereocenters. The van der Waals surface area contributed by atoms with Gasteiger partial charge in [0.15, 0.2) is 9.84 Å². The molecule has 1 N–H and O–H groups in total. The predicted molar refractivity (Wildman–Crippen MR) is 87.4 cm³/mol. The van der Waals surface area contributed by atoms with Crippen molar-refractivity contribution in [1.82, 2.24) is 5.32 Å². The van der Waals surface area contributed by atoms with E-state index in [4.69, 9.17) is 34.8 Å². The number of nitrogens with one attached hydrogen (secondary N) is 1. The number of halogens is 3. The molecular weight excluding hydrogens is 377 g/mol. The number of sulfone groups is 1. The maximum atomic E-state index is 11.9. The summed E-state index contributed by atoms with van der Waals surface area (Å²) >= 11 is 19.1. The highest BCUT2D eigenvalue weighted by Gasteiger charge is 2.37. The molecule has 21 heavy (non-hydrogen) atoms. The highest BCUT2D eigenvalue weighted by Crippen LogP contribution is 2.33. The van der Waals surface area contributed by atoms with Crippen molar-refractivity contribution in [3.63, 3.8) is 0 Å². The molecule has 1 aliphatic heterocycles. The summed E-state index contributed by atoms with van der Waals surface area (Å²) < 4.78 is 22.9. The summed E-state index contributed by atoms with van der Waals surface area (Å²) in [5.74, 6) is -0.444. The third-order valence-corrected chi connectivity index (χ3v) is 7.26. The standard InChI is InChI=1S/C12H12Cl3NO3S2/c13-7-2-1-3-8(14)12(7)20-4-11(17)16-10-6-21(18,19)5-9(10)15/h1-3,9-10H,4-6H2,(H,16,17)/t9-,10-/m1/s1. The molecular formula is C12H12Cl3NO3S2. The lowest BCUT2D eigenvalue weighted by Crippen LogP contribution is -2.41. The smallest absolute Gasteiger partial charge is 0.230 e. The molecule has 0 aliphatic carbocycles. The molecule has 0 unspecified atom stereocenters. The van der Waals surface area contributed by atoms with Gasteiger partial charge in [0.1, 0.15) is 0 Å². The van der Waals surface area contributed by atoms with E-state index < -0.39 is 21.3 Å². The van der Waals surface area contributed by atoms with E-state index in [9.17, 15) is 13.2 Å². The highest BCUT2D eigenvalue weighted by molar-refractivity contribution is 8.00. The average molecular weight is 389 g/mol. The summed E-state index contributed by atoms with van der Waals surface area (Å²) in [5, 5.41) is 2.99. The average Bonchev–Trinajstić information content (AvgIpc) is 2.61. The van der Waals surface area contributed by atoms with Crippen molar-refractivity contribution < 1.29 is 13.2 Å². The Balaban J connectivity index is 1.91. The predicted octanol–water partition coefficient (Wildman–Crippen LogP) is 2.61. The van der Waals surface area contributed by atoms with E-state index in [1.807, 2.05) is 0 Å². The lowest BCUT2D eigenvalue weighted by molar-refractivity contribution is -0.119. The van der Waals surface area contributed by atoms with E-state index >= 15 is 0 Å². The van der Waals surface area contributed by atoms with Crippen LogP contribution in [-0.4, -0.2) is 43.0 Å². The molecule has 1 aromatic rings. The summed E-state index contributed by atoms with van der Waals surface area (Å²) in [6.45, 7) is 0. The fraction of sp³-hybridized carbons (Fsp3) is 0.417. The van der Waals surface area contributed by atoms with Gasteiger partial charge in [-0.3, -0.25) is 4.79 Å². The summed E-state index contributed by atoms with van der Waals surface area (Å²) in [5.41, 5.74) is 0. The van der Waals surface area contributed by atoms with E-state index in [1.54, 1.807) is 18.2 Å². The molecule has 1 heterocycles. The second-order valence-corrected chi connectivity index (χ2v) is 9.12. The highest BCUT2D eigenvalue weighted by atomic mass is 35.5. The van der Waals surface area contributed by atoms with E-state index in [-0.39, 0.29) is 23.2 Å². The van der Waals surface area contributed by atoms with Gasteiger partial charge in [0.25, 0.3) is 0 Å². The number of rotatable bonds is 4. The van der Waals surface area contributed by atoms with E-state index in [0.29, 0.717) is 14.9 Å². The molecule has 1 aromatic carbocycles. The lowest BCUT2D eigenvalue weighted by Gasteiger charge is -2.14. The summed E-state index contributed by atoms with van der Waals surface area (Å²) in [6, 6.07) is 4.54. The summed E-state index contributed by atoms with van der Waals surface area (Å²) in [6.07, 6.45) is 0. The minimum absolute atomic E-state index is 0.0869. The number of benzene rings is 1. The zero-order valence-corrected chi connectivity index (χ0v) is 14.6. The largest absolute Gasteiger partial charge is 0.350 e. The van der Waals surface area contributed by atoms with Crippen molar-refractivity contribution in [3.8, 4) is 0 Å². The molecule has 2 rings (SSSR count). The van der Waals surface area contributed by atoms with Gasteiger partial charge in [-0.05, 0) is 12.1 Å². The van der Waals surface area contributed by atoms with E-state index in [0.717, 1.165) is 0 Å². The van der Waals surface area contributed by atoms with Gasteiger partial charge in [-0.25, -0.2) is 8.42 Å².